The van der Waals surface area contributed by atoms with Gasteiger partial charge in [-0.25, -0.2) is 0 Å². The van der Waals surface area contributed by atoms with Crippen molar-refractivity contribution in [1.29, 1.82) is 0 Å². The summed E-state index contributed by atoms with van der Waals surface area (Å²) in [6.45, 7) is 13.6. The van der Waals surface area contributed by atoms with Crippen molar-refractivity contribution in [2.45, 2.75) is 53.6 Å². The Kier molecular flexibility index (Phi) is 4.51. The van der Waals surface area contributed by atoms with Crippen molar-refractivity contribution >= 4 is 6.01 Å². The van der Waals surface area contributed by atoms with Crippen LogP contribution in [0.15, 0.2) is 4.42 Å². The van der Waals surface area contributed by atoms with Crippen LogP contribution in [-0.2, 0) is 0 Å². The lowest BCUT2D eigenvalue weighted by molar-refractivity contribution is 0.348. The second-order valence-electron chi connectivity index (χ2n) is 5.46. The molecule has 2 unspecified atom stereocenters. The molecule has 1 aromatic heterocycles. The second kappa shape index (κ2) is 5.49. The van der Waals surface area contributed by atoms with E-state index in [9.17, 15) is 0 Å². The third kappa shape index (κ3) is 4.00. The highest BCUT2D eigenvalue weighted by Crippen LogP contribution is 2.22. The minimum absolute atomic E-state index is 0.0907. The summed E-state index contributed by atoms with van der Waals surface area (Å²) in [7, 11) is 0. The Balaban J connectivity index is 2.63. The van der Waals surface area contributed by atoms with Gasteiger partial charge in [-0.3, -0.25) is 0 Å². The van der Waals surface area contributed by atoms with Crippen LogP contribution in [0.5, 0.6) is 0 Å². The first kappa shape index (κ1) is 14.0. The van der Waals surface area contributed by atoms with Crippen LogP contribution in [0.25, 0.3) is 0 Å². The van der Waals surface area contributed by atoms with Crippen molar-refractivity contribution in [3.63, 3.8) is 0 Å². The van der Waals surface area contributed by atoms with Crippen LogP contribution < -0.4 is 10.6 Å². The Bertz CT molecular complexity index is 343. The van der Waals surface area contributed by atoms with Gasteiger partial charge in [-0.1, -0.05) is 32.8 Å². The fourth-order valence-electron chi connectivity index (χ4n) is 1.26. The van der Waals surface area contributed by atoms with Crippen LogP contribution in [0.1, 0.15) is 53.5 Å². The minimum Gasteiger partial charge on any atom is -0.406 e. The second-order valence-corrected chi connectivity index (χ2v) is 5.46. The van der Waals surface area contributed by atoms with Gasteiger partial charge in [0, 0.05) is 6.04 Å². The van der Waals surface area contributed by atoms with Gasteiger partial charge in [0.1, 0.15) is 0 Å². The number of anilines is 1. The van der Waals surface area contributed by atoms with Crippen molar-refractivity contribution < 1.29 is 4.42 Å². The minimum atomic E-state index is 0.0907. The summed E-state index contributed by atoms with van der Waals surface area (Å²) in [4.78, 5) is 0. The third-order valence-electron chi connectivity index (χ3n) is 2.96. The fraction of sp³-hybridized carbons (Fsp3) is 0.833. The predicted octanol–water partition coefficient (Wildman–Crippen LogP) is 2.59. The molecule has 5 nitrogen and oxygen atoms in total. The zero-order valence-electron chi connectivity index (χ0n) is 11.7. The first-order chi connectivity index (χ1) is 7.84. The monoisotopic (exact) mass is 240 g/mol. The number of rotatable bonds is 5. The lowest BCUT2D eigenvalue weighted by Gasteiger charge is -2.27. The highest BCUT2D eigenvalue weighted by molar-refractivity contribution is 5.20. The molecular formula is C12H24N4O. The molecule has 5 heteroatoms. The molecule has 0 saturated carbocycles. The molecule has 17 heavy (non-hydrogen) atoms. The molecule has 0 bridgehead atoms. The number of aromatic nitrogens is 2. The van der Waals surface area contributed by atoms with Crippen LogP contribution in [0, 0.1) is 5.41 Å². The van der Waals surface area contributed by atoms with Crippen molar-refractivity contribution in [3.8, 4) is 0 Å². The van der Waals surface area contributed by atoms with E-state index in [1.807, 2.05) is 13.8 Å². The molecule has 0 saturated heterocycles. The Morgan fingerprint density at radius 1 is 1.24 bits per heavy atom. The van der Waals surface area contributed by atoms with E-state index in [0.717, 1.165) is 6.54 Å². The molecule has 1 rings (SSSR count). The molecule has 0 spiro atoms. The molecule has 1 aromatic rings. The number of hydrogen-bond donors (Lipinski definition) is 2. The van der Waals surface area contributed by atoms with E-state index in [-0.39, 0.29) is 17.5 Å². The Morgan fingerprint density at radius 3 is 2.41 bits per heavy atom. The van der Waals surface area contributed by atoms with Crippen molar-refractivity contribution in [1.82, 2.24) is 15.5 Å². The van der Waals surface area contributed by atoms with Gasteiger partial charge in [0.25, 0.3) is 0 Å². The fourth-order valence-corrected chi connectivity index (χ4v) is 1.26. The zero-order chi connectivity index (χ0) is 13.1. The van der Waals surface area contributed by atoms with Crippen molar-refractivity contribution in [2.24, 2.45) is 5.41 Å². The van der Waals surface area contributed by atoms with E-state index >= 15 is 0 Å². The molecule has 0 radical (unpaired) electrons. The first-order valence-electron chi connectivity index (χ1n) is 6.18. The predicted molar refractivity (Wildman–Crippen MR) is 68.9 cm³/mol. The molecule has 2 N–H and O–H groups in total. The third-order valence-corrected chi connectivity index (χ3v) is 2.96. The smallest absolute Gasteiger partial charge is 0.315 e. The molecular weight excluding hydrogens is 216 g/mol. The van der Waals surface area contributed by atoms with Gasteiger partial charge in [-0.2, -0.15) is 0 Å². The van der Waals surface area contributed by atoms with Crippen LogP contribution in [0.2, 0.25) is 0 Å². The maximum atomic E-state index is 5.57. The number of nitrogens with one attached hydrogen (secondary N) is 2. The summed E-state index contributed by atoms with van der Waals surface area (Å²) in [5.74, 6) is 0.621. The van der Waals surface area contributed by atoms with Crippen LogP contribution in [-0.4, -0.2) is 22.8 Å². The summed E-state index contributed by atoms with van der Waals surface area (Å²) in [5, 5.41) is 14.5. The van der Waals surface area contributed by atoms with Crippen molar-refractivity contribution in [2.75, 3.05) is 11.9 Å². The highest BCUT2D eigenvalue weighted by Gasteiger charge is 2.22. The van der Waals surface area contributed by atoms with E-state index in [1.54, 1.807) is 0 Å². The Morgan fingerprint density at radius 2 is 1.88 bits per heavy atom. The average Bonchev–Trinajstić information content (AvgIpc) is 2.65. The normalized spacial score (nSPS) is 15.6. The Hall–Kier alpha value is -1.10. The van der Waals surface area contributed by atoms with E-state index in [2.05, 4.69) is 48.5 Å². The first-order valence-corrected chi connectivity index (χ1v) is 6.18. The molecule has 0 aromatic carbocycles. The maximum absolute atomic E-state index is 5.57. The van der Waals surface area contributed by atoms with E-state index in [1.165, 1.54) is 0 Å². The zero-order valence-corrected chi connectivity index (χ0v) is 11.7. The summed E-state index contributed by atoms with van der Waals surface area (Å²) >= 11 is 0. The van der Waals surface area contributed by atoms with Crippen molar-refractivity contribution in [3.05, 3.63) is 5.89 Å². The Labute approximate surface area is 103 Å². The molecule has 0 aliphatic carbocycles. The largest absolute Gasteiger partial charge is 0.406 e. The van der Waals surface area contributed by atoms with Gasteiger partial charge < -0.3 is 15.1 Å². The molecule has 0 aliphatic heterocycles. The van der Waals surface area contributed by atoms with Crippen LogP contribution >= 0.6 is 0 Å². The summed E-state index contributed by atoms with van der Waals surface area (Å²) < 4.78 is 5.57. The van der Waals surface area contributed by atoms with E-state index < -0.39 is 0 Å². The number of hydrogen-bond acceptors (Lipinski definition) is 5. The van der Waals surface area contributed by atoms with E-state index in [4.69, 9.17) is 4.42 Å². The lowest BCUT2D eigenvalue weighted by Crippen LogP contribution is -2.30. The SMILES string of the molecule is CCNC(C)c1nnc(NC(C)C(C)(C)C)o1. The topological polar surface area (TPSA) is 63.0 Å². The van der Waals surface area contributed by atoms with Gasteiger partial charge in [0.2, 0.25) is 5.89 Å². The summed E-state index contributed by atoms with van der Waals surface area (Å²) in [5.41, 5.74) is 0.155. The molecule has 0 amide bonds. The van der Waals surface area contributed by atoms with Crippen LogP contribution in [0.3, 0.4) is 0 Å². The lowest BCUT2D eigenvalue weighted by atomic mass is 9.88. The molecule has 98 valence electrons. The quantitative estimate of drug-likeness (QED) is 0.828. The summed E-state index contributed by atoms with van der Waals surface area (Å²) in [6.07, 6.45) is 0. The summed E-state index contributed by atoms with van der Waals surface area (Å²) in [6, 6.07) is 0.852. The van der Waals surface area contributed by atoms with Gasteiger partial charge in [0.15, 0.2) is 0 Å². The maximum Gasteiger partial charge on any atom is 0.315 e. The van der Waals surface area contributed by atoms with Crippen LogP contribution in [0.4, 0.5) is 6.01 Å². The molecule has 0 fully saturated rings. The van der Waals surface area contributed by atoms with Gasteiger partial charge >= 0.3 is 6.01 Å². The average molecular weight is 240 g/mol. The van der Waals surface area contributed by atoms with Gasteiger partial charge in [-0.15, -0.1) is 5.10 Å². The molecule has 0 aliphatic rings. The van der Waals surface area contributed by atoms with E-state index in [0.29, 0.717) is 11.9 Å². The standard InChI is InChI=1S/C12H24N4O/c1-7-13-8(2)10-15-16-11(17-10)14-9(3)12(4,5)6/h8-9,13H,7H2,1-6H3,(H,14,16). The highest BCUT2D eigenvalue weighted by atomic mass is 16.4. The number of nitrogens with zero attached hydrogens (tertiary/aromatic N) is 2. The van der Waals surface area contributed by atoms with Gasteiger partial charge in [-0.05, 0) is 25.8 Å². The van der Waals surface area contributed by atoms with Gasteiger partial charge in [0.05, 0.1) is 6.04 Å². The molecule has 2 atom stereocenters. The molecule has 1 heterocycles.